The summed E-state index contributed by atoms with van der Waals surface area (Å²) in [6.07, 6.45) is 8.25. The van der Waals surface area contributed by atoms with Crippen molar-refractivity contribution in [2.45, 2.75) is 72.3 Å². The van der Waals surface area contributed by atoms with Crippen LogP contribution in [0.4, 0.5) is 0 Å². The van der Waals surface area contributed by atoms with E-state index in [1.165, 1.54) is 38.5 Å². The van der Waals surface area contributed by atoms with E-state index in [9.17, 15) is 0 Å². The summed E-state index contributed by atoms with van der Waals surface area (Å²) >= 11 is 0. The predicted molar refractivity (Wildman–Crippen MR) is 66.1 cm³/mol. The van der Waals surface area contributed by atoms with Crippen molar-refractivity contribution in [1.29, 1.82) is 0 Å². The van der Waals surface area contributed by atoms with E-state index in [0.717, 1.165) is 12.5 Å². The normalized spacial score (nSPS) is 30.4. The minimum Gasteiger partial charge on any atom is -0.378 e. The van der Waals surface area contributed by atoms with Gasteiger partial charge in [0.2, 0.25) is 0 Å². The second kappa shape index (κ2) is 5.89. The van der Waals surface area contributed by atoms with Crippen molar-refractivity contribution < 1.29 is 4.74 Å². The summed E-state index contributed by atoms with van der Waals surface area (Å²) in [5.41, 5.74) is 0.531. The Bertz CT molecular complexity index is 174. The van der Waals surface area contributed by atoms with Gasteiger partial charge >= 0.3 is 0 Å². The summed E-state index contributed by atoms with van der Waals surface area (Å²) in [4.78, 5) is 0. The molecule has 1 saturated carbocycles. The molecule has 15 heavy (non-hydrogen) atoms. The van der Waals surface area contributed by atoms with E-state index in [-0.39, 0.29) is 0 Å². The van der Waals surface area contributed by atoms with Gasteiger partial charge in [0, 0.05) is 6.61 Å². The Hall–Kier alpha value is -0.0400. The second-order valence-corrected chi connectivity index (χ2v) is 5.86. The Kier molecular flexibility index (Phi) is 5.11. The van der Waals surface area contributed by atoms with Crippen LogP contribution in [-0.2, 0) is 4.74 Å². The molecule has 0 aromatic rings. The third kappa shape index (κ3) is 4.14. The minimum absolute atomic E-state index is 0.531. The van der Waals surface area contributed by atoms with Crippen molar-refractivity contribution >= 4 is 0 Å². The Labute approximate surface area is 95.6 Å². The maximum Gasteiger partial charge on any atom is 0.0578 e. The summed E-state index contributed by atoms with van der Waals surface area (Å²) in [6.45, 7) is 10.4. The molecular formula is C14H28O. The summed E-state index contributed by atoms with van der Waals surface area (Å²) < 4.78 is 5.95. The van der Waals surface area contributed by atoms with Crippen molar-refractivity contribution in [3.8, 4) is 0 Å². The van der Waals surface area contributed by atoms with Crippen molar-refractivity contribution in [2.24, 2.45) is 11.3 Å². The molecule has 1 heteroatoms. The van der Waals surface area contributed by atoms with Crippen molar-refractivity contribution in [3.63, 3.8) is 0 Å². The molecule has 0 N–H and O–H groups in total. The molecule has 0 radical (unpaired) electrons. The lowest BCUT2D eigenvalue weighted by molar-refractivity contribution is -0.0218. The molecular weight excluding hydrogens is 184 g/mol. The fraction of sp³-hybridized carbons (Fsp3) is 1.00. The molecule has 0 aromatic carbocycles. The number of hydrogen-bond donors (Lipinski definition) is 0. The topological polar surface area (TPSA) is 9.23 Å². The van der Waals surface area contributed by atoms with Gasteiger partial charge in [-0.3, -0.25) is 0 Å². The molecule has 1 fully saturated rings. The Morgan fingerprint density at radius 3 is 2.60 bits per heavy atom. The van der Waals surface area contributed by atoms with Crippen molar-refractivity contribution in [1.82, 2.24) is 0 Å². The lowest BCUT2D eigenvalue weighted by Gasteiger charge is -2.40. The summed E-state index contributed by atoms with van der Waals surface area (Å²) in [5, 5.41) is 0. The van der Waals surface area contributed by atoms with Crippen LogP contribution in [0, 0.1) is 11.3 Å². The highest BCUT2D eigenvalue weighted by Crippen LogP contribution is 2.41. The lowest BCUT2D eigenvalue weighted by Crippen LogP contribution is -2.33. The molecule has 2 atom stereocenters. The zero-order chi connectivity index (χ0) is 11.3. The van der Waals surface area contributed by atoms with Crippen LogP contribution in [0.3, 0.4) is 0 Å². The van der Waals surface area contributed by atoms with E-state index in [1.807, 2.05) is 0 Å². The third-order valence-electron chi connectivity index (χ3n) is 4.16. The Morgan fingerprint density at radius 1 is 1.27 bits per heavy atom. The van der Waals surface area contributed by atoms with Crippen molar-refractivity contribution in [2.75, 3.05) is 6.61 Å². The highest BCUT2D eigenvalue weighted by Gasteiger charge is 2.33. The first-order chi connectivity index (χ1) is 7.06. The van der Waals surface area contributed by atoms with Crippen LogP contribution in [0.1, 0.15) is 66.2 Å². The van der Waals surface area contributed by atoms with E-state index < -0.39 is 0 Å². The number of hydrogen-bond acceptors (Lipinski definition) is 1. The maximum atomic E-state index is 5.95. The van der Waals surface area contributed by atoms with Gasteiger partial charge in [0.15, 0.2) is 0 Å². The molecule has 0 saturated heterocycles. The van der Waals surface area contributed by atoms with Gasteiger partial charge in [-0.1, -0.05) is 40.5 Å². The molecule has 90 valence electrons. The average Bonchev–Trinajstić information content (AvgIpc) is 2.18. The zero-order valence-corrected chi connectivity index (χ0v) is 11.0. The minimum atomic E-state index is 0.531. The third-order valence-corrected chi connectivity index (χ3v) is 4.16. The van der Waals surface area contributed by atoms with Gasteiger partial charge in [-0.25, -0.2) is 0 Å². The Balaban J connectivity index is 2.18. The monoisotopic (exact) mass is 212 g/mol. The van der Waals surface area contributed by atoms with Gasteiger partial charge in [0.05, 0.1) is 6.10 Å². The van der Waals surface area contributed by atoms with Gasteiger partial charge < -0.3 is 4.74 Å². The molecule has 0 bridgehead atoms. The van der Waals surface area contributed by atoms with Crippen molar-refractivity contribution in [3.05, 3.63) is 0 Å². The molecule has 0 spiro atoms. The molecule has 0 amide bonds. The van der Waals surface area contributed by atoms with Gasteiger partial charge in [0.25, 0.3) is 0 Å². The summed E-state index contributed by atoms with van der Waals surface area (Å²) in [6, 6.07) is 0. The molecule has 0 aromatic heterocycles. The smallest absolute Gasteiger partial charge is 0.0578 e. The Morgan fingerprint density at radius 2 is 2.00 bits per heavy atom. The molecule has 0 unspecified atom stereocenters. The van der Waals surface area contributed by atoms with Gasteiger partial charge in [-0.2, -0.15) is 0 Å². The number of rotatable bonds is 5. The molecule has 0 aliphatic heterocycles. The zero-order valence-electron chi connectivity index (χ0n) is 11.0. The van der Waals surface area contributed by atoms with E-state index >= 15 is 0 Å². The SMILES string of the molecule is CCCCCO[C@@H]1CCC(C)(C)[C@H](C)C1. The number of unbranched alkanes of at least 4 members (excludes halogenated alkanes) is 2. The average molecular weight is 212 g/mol. The summed E-state index contributed by atoms with van der Waals surface area (Å²) in [5.74, 6) is 0.808. The molecule has 1 nitrogen and oxygen atoms in total. The number of ether oxygens (including phenoxy) is 1. The van der Waals surface area contributed by atoms with Crippen LogP contribution in [0.5, 0.6) is 0 Å². The predicted octanol–water partition coefficient (Wildman–Crippen LogP) is 4.41. The lowest BCUT2D eigenvalue weighted by atomic mass is 9.69. The van der Waals surface area contributed by atoms with Crippen LogP contribution >= 0.6 is 0 Å². The largest absolute Gasteiger partial charge is 0.378 e. The van der Waals surface area contributed by atoms with Crippen LogP contribution in [0.25, 0.3) is 0 Å². The first kappa shape index (κ1) is 13.0. The standard InChI is InChI=1S/C14H28O/c1-5-6-7-10-15-13-8-9-14(3,4)12(2)11-13/h12-13H,5-11H2,1-4H3/t12-,13-/m1/s1. The van der Waals surface area contributed by atoms with Crippen LogP contribution in [0.2, 0.25) is 0 Å². The first-order valence-electron chi connectivity index (χ1n) is 6.68. The van der Waals surface area contributed by atoms with E-state index in [0.29, 0.717) is 11.5 Å². The quantitative estimate of drug-likeness (QED) is 0.613. The highest BCUT2D eigenvalue weighted by molar-refractivity contribution is 4.84. The maximum absolute atomic E-state index is 5.95. The van der Waals surface area contributed by atoms with Gasteiger partial charge in [-0.15, -0.1) is 0 Å². The van der Waals surface area contributed by atoms with Gasteiger partial charge in [0.1, 0.15) is 0 Å². The molecule has 1 aliphatic rings. The van der Waals surface area contributed by atoms with E-state index in [2.05, 4.69) is 27.7 Å². The van der Waals surface area contributed by atoms with E-state index in [1.54, 1.807) is 0 Å². The van der Waals surface area contributed by atoms with Crippen LogP contribution in [0.15, 0.2) is 0 Å². The fourth-order valence-corrected chi connectivity index (χ4v) is 2.36. The van der Waals surface area contributed by atoms with Gasteiger partial charge in [-0.05, 0) is 37.0 Å². The molecule has 0 heterocycles. The summed E-state index contributed by atoms with van der Waals surface area (Å²) in [7, 11) is 0. The fourth-order valence-electron chi connectivity index (χ4n) is 2.36. The van der Waals surface area contributed by atoms with Crippen LogP contribution < -0.4 is 0 Å². The highest BCUT2D eigenvalue weighted by atomic mass is 16.5. The first-order valence-corrected chi connectivity index (χ1v) is 6.68. The second-order valence-electron chi connectivity index (χ2n) is 5.86. The molecule has 1 aliphatic carbocycles. The van der Waals surface area contributed by atoms with Crippen LogP contribution in [-0.4, -0.2) is 12.7 Å². The molecule has 1 rings (SSSR count). The van der Waals surface area contributed by atoms with E-state index in [4.69, 9.17) is 4.74 Å².